The maximum atomic E-state index is 11.0. The average Bonchev–Trinajstić information content (AvgIpc) is 3.42. The Labute approximate surface area is 177 Å². The van der Waals surface area contributed by atoms with Crippen molar-refractivity contribution in [2.75, 3.05) is 0 Å². The summed E-state index contributed by atoms with van der Waals surface area (Å²) in [5.74, 6) is 0.489. The summed E-state index contributed by atoms with van der Waals surface area (Å²) < 4.78 is 7.55. The van der Waals surface area contributed by atoms with Crippen molar-refractivity contribution in [3.63, 3.8) is 0 Å². The molecule has 0 unspecified atom stereocenters. The number of aromatic nitrogens is 3. The molecular weight excluding hydrogens is 392 g/mol. The quantitative estimate of drug-likeness (QED) is 0.273. The highest BCUT2D eigenvalue weighted by atomic mass is 16.6. The van der Waals surface area contributed by atoms with Gasteiger partial charge < -0.3 is 4.42 Å². The van der Waals surface area contributed by atoms with Crippen molar-refractivity contribution in [2.24, 2.45) is 0 Å². The van der Waals surface area contributed by atoms with E-state index in [0.717, 1.165) is 27.9 Å². The van der Waals surface area contributed by atoms with Gasteiger partial charge in [-0.25, -0.2) is 9.67 Å². The van der Waals surface area contributed by atoms with E-state index < -0.39 is 4.92 Å². The number of oxazole rings is 1. The van der Waals surface area contributed by atoms with E-state index in [2.05, 4.69) is 4.98 Å². The molecule has 2 aromatic heterocycles. The first-order chi connectivity index (χ1) is 15.2. The fourth-order valence-corrected chi connectivity index (χ4v) is 3.31. The van der Waals surface area contributed by atoms with E-state index in [1.165, 1.54) is 12.1 Å². The second kappa shape index (κ2) is 7.72. The van der Waals surface area contributed by atoms with Crippen molar-refractivity contribution in [3.05, 3.63) is 107 Å². The summed E-state index contributed by atoms with van der Waals surface area (Å²) >= 11 is 0. The molecule has 0 aliphatic carbocycles. The summed E-state index contributed by atoms with van der Waals surface area (Å²) in [6.07, 6.45) is 5.58. The molecule has 31 heavy (non-hydrogen) atoms. The van der Waals surface area contributed by atoms with Gasteiger partial charge in [-0.3, -0.25) is 10.1 Å². The minimum Gasteiger partial charge on any atom is -0.437 e. The third-order valence-electron chi connectivity index (χ3n) is 4.83. The SMILES string of the molecule is O=[N+]([O-])c1ccc(-c2nn(-c3ccccc3)cc2/C=C/c2nc3ccccc3o2)cc1. The van der Waals surface area contributed by atoms with E-state index in [9.17, 15) is 10.1 Å². The Hall–Kier alpha value is -4.52. The van der Waals surface area contributed by atoms with E-state index in [4.69, 9.17) is 9.52 Å². The fourth-order valence-electron chi connectivity index (χ4n) is 3.31. The Balaban J connectivity index is 1.57. The molecule has 0 saturated heterocycles. The standard InChI is InChI=1S/C24H16N4O3/c29-28(30)20-13-10-17(11-14-20)24-18(16-27(26-24)19-6-2-1-3-7-19)12-15-23-25-21-8-4-5-9-22(21)31-23/h1-16H/b15-12+. The summed E-state index contributed by atoms with van der Waals surface area (Å²) in [4.78, 5) is 15.0. The van der Waals surface area contributed by atoms with Gasteiger partial charge in [0, 0.05) is 35.5 Å². The molecule has 3 aromatic carbocycles. The Morgan fingerprint density at radius 3 is 2.39 bits per heavy atom. The van der Waals surface area contributed by atoms with Gasteiger partial charge in [0.05, 0.1) is 16.3 Å². The Bertz CT molecular complexity index is 1370. The van der Waals surface area contributed by atoms with Crippen molar-refractivity contribution < 1.29 is 9.34 Å². The molecule has 0 atom stereocenters. The van der Waals surface area contributed by atoms with Gasteiger partial charge in [0.2, 0.25) is 5.89 Å². The van der Waals surface area contributed by atoms with Gasteiger partial charge in [0.1, 0.15) is 5.52 Å². The minimum atomic E-state index is -0.416. The zero-order valence-electron chi connectivity index (χ0n) is 16.3. The van der Waals surface area contributed by atoms with E-state index in [1.54, 1.807) is 22.9 Å². The summed E-state index contributed by atoms with van der Waals surface area (Å²) in [5.41, 5.74) is 4.76. The topological polar surface area (TPSA) is 87.0 Å². The van der Waals surface area contributed by atoms with Gasteiger partial charge in [0.25, 0.3) is 5.69 Å². The van der Waals surface area contributed by atoms with Crippen molar-refractivity contribution in [2.45, 2.75) is 0 Å². The van der Waals surface area contributed by atoms with Crippen LogP contribution in [0.25, 0.3) is 40.2 Å². The number of hydrogen-bond donors (Lipinski definition) is 0. The van der Waals surface area contributed by atoms with Crippen LogP contribution < -0.4 is 0 Å². The molecule has 0 radical (unpaired) electrons. The van der Waals surface area contributed by atoms with Crippen LogP contribution in [0.2, 0.25) is 0 Å². The molecule has 0 fully saturated rings. The van der Waals surface area contributed by atoms with Gasteiger partial charge in [0.15, 0.2) is 5.58 Å². The number of nitro benzene ring substituents is 1. The molecule has 0 aliphatic rings. The first-order valence-corrected chi connectivity index (χ1v) is 9.61. The van der Waals surface area contributed by atoms with Gasteiger partial charge >= 0.3 is 0 Å². The molecule has 5 aromatic rings. The fraction of sp³-hybridized carbons (Fsp3) is 0. The number of nitrogens with zero attached hydrogens (tertiary/aromatic N) is 4. The summed E-state index contributed by atoms with van der Waals surface area (Å²) in [7, 11) is 0. The summed E-state index contributed by atoms with van der Waals surface area (Å²) in [6, 6.07) is 23.7. The highest BCUT2D eigenvalue weighted by molar-refractivity contribution is 5.80. The molecule has 7 nitrogen and oxygen atoms in total. The molecule has 0 bridgehead atoms. The van der Waals surface area contributed by atoms with Crippen molar-refractivity contribution in [1.29, 1.82) is 0 Å². The van der Waals surface area contributed by atoms with Gasteiger partial charge in [-0.15, -0.1) is 0 Å². The maximum Gasteiger partial charge on any atom is 0.269 e. The minimum absolute atomic E-state index is 0.0369. The zero-order valence-corrected chi connectivity index (χ0v) is 16.3. The molecule has 0 spiro atoms. The second-order valence-corrected chi connectivity index (χ2v) is 6.87. The lowest BCUT2D eigenvalue weighted by Crippen LogP contribution is -1.94. The predicted octanol–water partition coefficient (Wildman–Crippen LogP) is 5.76. The molecule has 0 amide bonds. The largest absolute Gasteiger partial charge is 0.437 e. The number of para-hydroxylation sites is 3. The highest BCUT2D eigenvalue weighted by Crippen LogP contribution is 2.27. The average molecular weight is 408 g/mol. The van der Waals surface area contributed by atoms with Crippen LogP contribution in [0.1, 0.15) is 11.5 Å². The van der Waals surface area contributed by atoms with Crippen LogP contribution in [0.3, 0.4) is 0 Å². The number of non-ortho nitro benzene ring substituents is 1. The summed E-state index contributed by atoms with van der Waals surface area (Å²) in [5, 5.41) is 15.7. The molecule has 0 aliphatic heterocycles. The van der Waals surface area contributed by atoms with Crippen LogP contribution >= 0.6 is 0 Å². The molecule has 0 N–H and O–H groups in total. The van der Waals surface area contributed by atoms with Crippen LogP contribution in [-0.2, 0) is 0 Å². The number of fused-ring (bicyclic) bond motifs is 1. The van der Waals surface area contributed by atoms with Gasteiger partial charge in [-0.05, 0) is 42.5 Å². The number of rotatable bonds is 5. The molecule has 7 heteroatoms. The number of nitro groups is 1. The van der Waals surface area contributed by atoms with E-state index in [-0.39, 0.29) is 5.69 Å². The maximum absolute atomic E-state index is 11.0. The van der Waals surface area contributed by atoms with Crippen LogP contribution in [0.5, 0.6) is 0 Å². The smallest absolute Gasteiger partial charge is 0.269 e. The first-order valence-electron chi connectivity index (χ1n) is 9.61. The lowest BCUT2D eigenvalue weighted by Gasteiger charge is -2.00. The summed E-state index contributed by atoms with van der Waals surface area (Å²) in [6.45, 7) is 0. The molecule has 150 valence electrons. The predicted molar refractivity (Wildman–Crippen MR) is 119 cm³/mol. The van der Waals surface area contributed by atoms with Crippen LogP contribution in [0, 0.1) is 10.1 Å². The number of benzene rings is 3. The van der Waals surface area contributed by atoms with Crippen LogP contribution in [0.15, 0.2) is 89.5 Å². The molecule has 5 rings (SSSR count). The second-order valence-electron chi connectivity index (χ2n) is 6.87. The van der Waals surface area contributed by atoms with Crippen LogP contribution in [0.4, 0.5) is 5.69 Å². The lowest BCUT2D eigenvalue weighted by molar-refractivity contribution is -0.384. The van der Waals surface area contributed by atoms with E-state index in [0.29, 0.717) is 11.6 Å². The highest BCUT2D eigenvalue weighted by Gasteiger charge is 2.13. The Morgan fingerprint density at radius 1 is 0.903 bits per heavy atom. The third-order valence-corrected chi connectivity index (χ3v) is 4.83. The Morgan fingerprint density at radius 2 is 1.65 bits per heavy atom. The molecular formula is C24H16N4O3. The molecule has 2 heterocycles. The normalized spacial score (nSPS) is 11.4. The zero-order chi connectivity index (χ0) is 21.2. The van der Waals surface area contributed by atoms with Gasteiger partial charge in [-0.1, -0.05) is 30.3 Å². The Kier molecular flexibility index (Phi) is 4.61. The van der Waals surface area contributed by atoms with Crippen molar-refractivity contribution in [1.82, 2.24) is 14.8 Å². The monoisotopic (exact) mass is 408 g/mol. The van der Waals surface area contributed by atoms with Crippen LogP contribution in [-0.4, -0.2) is 19.7 Å². The lowest BCUT2D eigenvalue weighted by atomic mass is 10.1. The van der Waals surface area contributed by atoms with E-state index >= 15 is 0 Å². The van der Waals surface area contributed by atoms with Crippen molar-refractivity contribution in [3.8, 4) is 16.9 Å². The number of hydrogen-bond acceptors (Lipinski definition) is 5. The third kappa shape index (κ3) is 3.72. The van der Waals surface area contributed by atoms with E-state index in [1.807, 2.05) is 66.9 Å². The molecule has 0 saturated carbocycles. The van der Waals surface area contributed by atoms with Gasteiger partial charge in [-0.2, -0.15) is 5.10 Å². The van der Waals surface area contributed by atoms with Crippen molar-refractivity contribution >= 4 is 28.9 Å². The first kappa shape index (κ1) is 18.5.